The number of hydrogen-bond donors (Lipinski definition) is 0. The van der Waals surface area contributed by atoms with Gasteiger partial charge in [0.05, 0.1) is 17.4 Å². The van der Waals surface area contributed by atoms with Crippen molar-refractivity contribution in [1.82, 2.24) is 0 Å². The Kier molecular flexibility index (Phi) is 5.18. The molecule has 0 unspecified atom stereocenters. The molecule has 3 nitrogen and oxygen atoms in total. The van der Waals surface area contributed by atoms with Gasteiger partial charge in [-0.3, -0.25) is 0 Å². The minimum Gasteiger partial charge on any atom is -0.491 e. The van der Waals surface area contributed by atoms with Gasteiger partial charge in [-0.05, 0) is 18.2 Å². The van der Waals surface area contributed by atoms with Crippen LogP contribution in [-0.4, -0.2) is 20.8 Å². The van der Waals surface area contributed by atoms with Gasteiger partial charge < -0.3 is 4.74 Å². The molecule has 102 valence electrons. The van der Waals surface area contributed by atoms with Crippen LogP contribution in [0.2, 0.25) is 10.0 Å². The summed E-state index contributed by atoms with van der Waals surface area (Å²) < 4.78 is 27.6. The average Bonchev–Trinajstić information content (AvgIpc) is 2.12. The molecule has 1 aromatic rings. The Bertz CT molecular complexity index is 526. The summed E-state index contributed by atoms with van der Waals surface area (Å²) in [5, 5.41) is 0.891. The molecule has 0 atom stereocenters. The largest absolute Gasteiger partial charge is 0.491 e. The smallest absolute Gasteiger partial charge is 0.233 e. The summed E-state index contributed by atoms with van der Waals surface area (Å²) in [6.07, 6.45) is 0. The summed E-state index contributed by atoms with van der Waals surface area (Å²) in [5.74, 6) is 0.286. The number of hydrogen-bond acceptors (Lipinski definition) is 3. The molecule has 0 bridgehead atoms. The minimum absolute atomic E-state index is 0.174. The molecular weight excluding hydrogens is 319 g/mol. The number of benzene rings is 1. The van der Waals surface area contributed by atoms with E-state index in [9.17, 15) is 8.42 Å². The zero-order chi connectivity index (χ0) is 14.0. The second-order valence-corrected chi connectivity index (χ2v) is 8.33. The maximum atomic E-state index is 11.0. The van der Waals surface area contributed by atoms with Gasteiger partial charge in [0.2, 0.25) is 9.05 Å². The van der Waals surface area contributed by atoms with Gasteiger partial charge in [-0.15, -0.1) is 0 Å². The van der Waals surface area contributed by atoms with Crippen LogP contribution in [0.5, 0.6) is 5.75 Å². The van der Waals surface area contributed by atoms with E-state index in [1.165, 1.54) is 0 Å². The number of rotatable bonds is 5. The first-order chi connectivity index (χ1) is 8.09. The Morgan fingerprint density at radius 3 is 2.39 bits per heavy atom. The fraction of sp³-hybridized carbons (Fsp3) is 0.455. The van der Waals surface area contributed by atoms with Gasteiger partial charge in [-0.2, -0.15) is 0 Å². The van der Waals surface area contributed by atoms with Crippen LogP contribution >= 0.6 is 33.9 Å². The fourth-order valence-electron chi connectivity index (χ4n) is 1.37. The van der Waals surface area contributed by atoms with Crippen molar-refractivity contribution >= 4 is 42.9 Å². The molecule has 1 rings (SSSR count). The Hall–Kier alpha value is -0.160. The van der Waals surface area contributed by atoms with Crippen LogP contribution < -0.4 is 4.74 Å². The highest BCUT2D eigenvalue weighted by molar-refractivity contribution is 8.13. The number of halogens is 3. The third kappa shape index (κ3) is 5.65. The van der Waals surface area contributed by atoms with Crippen LogP contribution in [0, 0.1) is 5.41 Å². The standard InChI is InChI=1S/C11H13Cl3O3S/c1-11(2,7-18(14,15)16)6-17-10-4-3-8(12)5-9(10)13/h3-5H,6-7H2,1-2H3. The summed E-state index contributed by atoms with van der Waals surface area (Å²) in [6, 6.07) is 4.84. The van der Waals surface area contributed by atoms with Crippen LogP contribution in [0.3, 0.4) is 0 Å². The van der Waals surface area contributed by atoms with Crippen molar-refractivity contribution in [2.24, 2.45) is 5.41 Å². The second-order valence-electron chi connectivity index (χ2n) is 4.71. The maximum absolute atomic E-state index is 11.0. The first-order valence-corrected chi connectivity index (χ1v) is 8.33. The van der Waals surface area contributed by atoms with Crippen LogP contribution in [0.15, 0.2) is 18.2 Å². The van der Waals surface area contributed by atoms with E-state index < -0.39 is 14.5 Å². The van der Waals surface area contributed by atoms with E-state index in [1.54, 1.807) is 32.0 Å². The zero-order valence-electron chi connectivity index (χ0n) is 9.91. The third-order valence-corrected chi connectivity index (χ3v) is 4.06. The van der Waals surface area contributed by atoms with E-state index in [1.807, 2.05) is 0 Å². The summed E-state index contributed by atoms with van der Waals surface area (Å²) in [4.78, 5) is 0. The fourth-order valence-corrected chi connectivity index (χ4v) is 3.74. The van der Waals surface area contributed by atoms with E-state index in [-0.39, 0.29) is 12.4 Å². The highest BCUT2D eigenvalue weighted by Crippen LogP contribution is 2.29. The summed E-state index contributed by atoms with van der Waals surface area (Å²) in [6.45, 7) is 3.67. The van der Waals surface area contributed by atoms with Gasteiger partial charge in [0, 0.05) is 21.1 Å². The lowest BCUT2D eigenvalue weighted by molar-refractivity contribution is 0.200. The van der Waals surface area contributed by atoms with Crippen molar-refractivity contribution in [2.75, 3.05) is 12.4 Å². The molecule has 0 radical (unpaired) electrons. The first-order valence-electron chi connectivity index (χ1n) is 5.09. The summed E-state index contributed by atoms with van der Waals surface area (Å²) in [7, 11) is 1.66. The van der Waals surface area contributed by atoms with Gasteiger partial charge in [0.25, 0.3) is 0 Å². The molecule has 18 heavy (non-hydrogen) atoms. The maximum Gasteiger partial charge on any atom is 0.233 e. The molecule has 0 heterocycles. The molecule has 0 saturated carbocycles. The molecule has 0 aromatic heterocycles. The molecule has 0 aliphatic carbocycles. The molecule has 0 spiro atoms. The summed E-state index contributed by atoms with van der Waals surface area (Å²) >= 11 is 11.7. The number of ether oxygens (including phenoxy) is 1. The van der Waals surface area contributed by atoms with E-state index >= 15 is 0 Å². The molecule has 0 fully saturated rings. The first kappa shape index (κ1) is 15.9. The minimum atomic E-state index is -3.56. The lowest BCUT2D eigenvalue weighted by Gasteiger charge is -2.23. The quantitative estimate of drug-likeness (QED) is 0.767. The van der Waals surface area contributed by atoms with E-state index in [0.29, 0.717) is 15.8 Å². The predicted octanol–water partition coefficient (Wildman–Crippen LogP) is 3.97. The van der Waals surface area contributed by atoms with E-state index in [2.05, 4.69) is 0 Å². The molecule has 0 N–H and O–H groups in total. The van der Waals surface area contributed by atoms with Crippen molar-refractivity contribution in [1.29, 1.82) is 0 Å². The SMILES string of the molecule is CC(C)(COc1ccc(Cl)cc1Cl)CS(=O)(=O)Cl. The Morgan fingerprint density at radius 2 is 1.89 bits per heavy atom. The lowest BCUT2D eigenvalue weighted by atomic mass is 9.98. The topological polar surface area (TPSA) is 43.4 Å². The monoisotopic (exact) mass is 330 g/mol. The molecule has 0 aliphatic rings. The molecule has 0 amide bonds. The van der Waals surface area contributed by atoms with Crippen molar-refractivity contribution in [3.8, 4) is 5.75 Å². The highest BCUT2D eigenvalue weighted by atomic mass is 35.7. The zero-order valence-corrected chi connectivity index (χ0v) is 13.0. The third-order valence-electron chi connectivity index (χ3n) is 2.08. The van der Waals surface area contributed by atoms with Crippen molar-refractivity contribution < 1.29 is 13.2 Å². The van der Waals surface area contributed by atoms with Crippen molar-refractivity contribution in [3.63, 3.8) is 0 Å². The van der Waals surface area contributed by atoms with Crippen LogP contribution in [-0.2, 0) is 9.05 Å². The van der Waals surface area contributed by atoms with Gasteiger partial charge in [-0.25, -0.2) is 8.42 Å². The highest BCUT2D eigenvalue weighted by Gasteiger charge is 2.26. The van der Waals surface area contributed by atoms with Crippen molar-refractivity contribution in [2.45, 2.75) is 13.8 Å². The Morgan fingerprint density at radius 1 is 1.28 bits per heavy atom. The van der Waals surface area contributed by atoms with Crippen LogP contribution in [0.1, 0.15) is 13.8 Å². The van der Waals surface area contributed by atoms with Gasteiger partial charge in [-0.1, -0.05) is 37.0 Å². The van der Waals surface area contributed by atoms with E-state index in [4.69, 9.17) is 38.6 Å². The van der Waals surface area contributed by atoms with E-state index in [0.717, 1.165) is 0 Å². The summed E-state index contributed by atoms with van der Waals surface area (Å²) in [5.41, 5.74) is -0.608. The molecular formula is C11H13Cl3O3S. The average molecular weight is 332 g/mol. The molecule has 0 saturated heterocycles. The Labute approximate surface area is 121 Å². The van der Waals surface area contributed by atoms with Gasteiger partial charge >= 0.3 is 0 Å². The molecule has 0 aliphatic heterocycles. The predicted molar refractivity (Wildman–Crippen MR) is 75.4 cm³/mol. The molecule has 7 heteroatoms. The van der Waals surface area contributed by atoms with Crippen LogP contribution in [0.4, 0.5) is 0 Å². The molecule has 1 aromatic carbocycles. The van der Waals surface area contributed by atoms with Gasteiger partial charge in [0.15, 0.2) is 0 Å². The van der Waals surface area contributed by atoms with Gasteiger partial charge in [0.1, 0.15) is 5.75 Å². The van der Waals surface area contributed by atoms with Crippen molar-refractivity contribution in [3.05, 3.63) is 28.2 Å². The second kappa shape index (κ2) is 5.87. The van der Waals surface area contributed by atoms with Crippen LogP contribution in [0.25, 0.3) is 0 Å². The lowest BCUT2D eigenvalue weighted by Crippen LogP contribution is -2.28. The Balaban J connectivity index is 2.70. The normalized spacial score (nSPS) is 12.5.